The summed E-state index contributed by atoms with van der Waals surface area (Å²) in [4.78, 5) is -0.455. The monoisotopic (exact) mass is 291 g/mol. The summed E-state index contributed by atoms with van der Waals surface area (Å²) in [5, 5.41) is 0. The van der Waals surface area contributed by atoms with Crippen molar-refractivity contribution in [1.29, 1.82) is 0 Å². The second-order valence-corrected chi connectivity index (χ2v) is 4.58. The molecule has 0 aromatic heterocycles. The van der Waals surface area contributed by atoms with E-state index in [0.29, 0.717) is 0 Å². The smallest absolute Gasteiger partial charge is 0.119 e. The maximum absolute atomic E-state index is 9.55. The van der Waals surface area contributed by atoms with Crippen LogP contribution in [0.1, 0.15) is 70.4 Å². The van der Waals surface area contributed by atoms with E-state index < -0.39 is 109 Å². The molecule has 0 spiro atoms. The van der Waals surface area contributed by atoms with Gasteiger partial charge in [-0.2, -0.15) is 0 Å². The molecule has 1 saturated carbocycles. The second kappa shape index (κ2) is 4.49. The van der Waals surface area contributed by atoms with Crippen molar-refractivity contribution in [2.24, 2.45) is 5.89 Å². The van der Waals surface area contributed by atoms with Crippen molar-refractivity contribution in [2.45, 2.75) is 49.7 Å². The molecule has 4 rings (SSSR count). The zero-order chi connectivity index (χ0) is 31.5. The molecule has 0 unspecified atom stereocenters. The summed E-state index contributed by atoms with van der Waals surface area (Å²) < 4.78 is 178. The van der Waals surface area contributed by atoms with Gasteiger partial charge in [-0.05, 0) is 68.1 Å². The molecular formula is C18H25NO. The van der Waals surface area contributed by atoms with E-state index in [-0.39, 0.29) is 0 Å². The van der Waals surface area contributed by atoms with Crippen molar-refractivity contribution in [1.82, 2.24) is 4.90 Å². The summed E-state index contributed by atoms with van der Waals surface area (Å²) in [7, 11) is 0.929. The van der Waals surface area contributed by atoms with Crippen LogP contribution in [-0.4, -0.2) is 31.5 Å². The Bertz CT molecular complexity index is 1300. The molecule has 1 aromatic carbocycles. The molecule has 2 heteroatoms. The molecular weight excluding hydrogens is 246 g/mol. The van der Waals surface area contributed by atoms with Gasteiger partial charge < -0.3 is 9.64 Å². The number of methoxy groups -OCH3 is 1. The summed E-state index contributed by atoms with van der Waals surface area (Å²) in [6, 6.07) is -6.58. The quantitative estimate of drug-likeness (QED) is 0.786. The number of hydrogen-bond donors (Lipinski definition) is 0. The third-order valence-corrected chi connectivity index (χ3v) is 3.58. The molecule has 2 aliphatic carbocycles. The average molecular weight is 292 g/mol. The lowest BCUT2D eigenvalue weighted by atomic mass is 9.52. The normalized spacial score (nSPS) is 73.8. The Morgan fingerprint density at radius 1 is 1.50 bits per heavy atom. The third-order valence-electron chi connectivity index (χ3n) is 3.58. The van der Waals surface area contributed by atoms with Crippen molar-refractivity contribution in [3.05, 3.63) is 29.3 Å². The molecule has 1 saturated heterocycles. The lowest BCUT2D eigenvalue weighted by Gasteiger charge is -2.58. The number of piperidine rings is 1. The van der Waals surface area contributed by atoms with Crippen molar-refractivity contribution in [3.63, 3.8) is 0 Å². The van der Waals surface area contributed by atoms with Gasteiger partial charge in [0.05, 0.1) is 11.2 Å². The molecule has 3 aliphatic rings. The highest BCUT2D eigenvalue weighted by molar-refractivity contribution is 5.45. The van der Waals surface area contributed by atoms with Gasteiger partial charge in [-0.3, -0.25) is 0 Å². The first-order valence-corrected chi connectivity index (χ1v) is 5.99. The van der Waals surface area contributed by atoms with Gasteiger partial charge >= 0.3 is 0 Å². The second-order valence-electron chi connectivity index (χ2n) is 4.58. The van der Waals surface area contributed by atoms with Crippen molar-refractivity contribution in [3.8, 4) is 5.75 Å². The van der Waals surface area contributed by atoms with E-state index in [0.717, 1.165) is 7.11 Å². The maximum Gasteiger partial charge on any atom is 0.119 e. The first-order valence-electron chi connectivity index (χ1n) is 16.0. The van der Waals surface area contributed by atoms with E-state index >= 15 is 0 Å². The van der Waals surface area contributed by atoms with Gasteiger partial charge in [0, 0.05) is 34.7 Å². The molecule has 108 valence electrons. The molecule has 2 bridgehead atoms. The number of nitrogens with zero attached hydrogens (tertiary/aromatic N) is 1. The van der Waals surface area contributed by atoms with Crippen LogP contribution >= 0.6 is 0 Å². The topological polar surface area (TPSA) is 12.5 Å². The predicted molar refractivity (Wildman–Crippen MR) is 81.4 cm³/mol. The van der Waals surface area contributed by atoms with Crippen LogP contribution in [-0.2, 0) is 11.8 Å². The molecule has 3 atom stereocenters. The largest absolute Gasteiger partial charge is 0.497 e. The highest BCUT2D eigenvalue weighted by Gasteiger charge is 2.53. The lowest BCUT2D eigenvalue weighted by Crippen LogP contribution is -2.59. The molecule has 1 heterocycles. The minimum absolute atomic E-state index is 0.455. The highest BCUT2D eigenvalue weighted by Crippen LogP contribution is 2.55. The van der Waals surface area contributed by atoms with Crippen molar-refractivity contribution in [2.75, 3.05) is 20.6 Å². The Morgan fingerprint density at radius 3 is 3.30 bits per heavy atom. The van der Waals surface area contributed by atoms with Gasteiger partial charge in [0.2, 0.25) is 0 Å². The standard InChI is InChI=1S/C18H25NO/c1-19-10-9-18-8-4-3-5-15(18)17(19)11-13-6-7-14(20-2)12-16(13)18/h6-7,12,15,17H,3-5,8-11H2,1-2H3/t15-,17+,18+/m1/s1/i1D3,3D2,4D2,5D2,6D,7D,8D2,9D2,10D2,12D,15D,17D. The van der Waals surface area contributed by atoms with Crippen molar-refractivity contribution < 1.29 is 32.2 Å². The summed E-state index contributed by atoms with van der Waals surface area (Å²) in [5.41, 5.74) is -5.95. The molecule has 0 N–H and O–H groups in total. The highest BCUT2D eigenvalue weighted by atomic mass is 16.5. The molecule has 1 aromatic rings. The fraction of sp³-hybridized carbons (Fsp3) is 0.667. The van der Waals surface area contributed by atoms with Gasteiger partial charge in [-0.1, -0.05) is 18.8 Å². The van der Waals surface area contributed by atoms with E-state index in [1.165, 1.54) is 0 Å². The van der Waals surface area contributed by atoms with Crippen LogP contribution in [0.3, 0.4) is 0 Å². The van der Waals surface area contributed by atoms with E-state index in [1.54, 1.807) is 0 Å². The zero-order valence-electron chi connectivity index (χ0n) is 30.6. The molecule has 20 heavy (non-hydrogen) atoms. The number of rotatable bonds is 1. The first kappa shape index (κ1) is 3.48. The fourth-order valence-corrected chi connectivity index (χ4v) is 2.63. The summed E-state index contributed by atoms with van der Waals surface area (Å²) >= 11 is 0. The summed E-state index contributed by atoms with van der Waals surface area (Å²) in [6.07, 6.45) is -22.1. The Labute approximate surface area is 150 Å². The molecule has 2 nitrogen and oxygen atoms in total. The summed E-state index contributed by atoms with van der Waals surface area (Å²) in [6.45, 7) is -7.85. The number of benzene rings is 1. The van der Waals surface area contributed by atoms with E-state index in [2.05, 4.69) is 0 Å². The third kappa shape index (κ3) is 1.60. The number of fused-ring (bicyclic) bond motifs is 1. The van der Waals surface area contributed by atoms with Crippen LogP contribution < -0.4 is 4.74 Å². The number of ether oxygens (including phenoxy) is 1. The zero-order valence-corrected chi connectivity index (χ0v) is 10.6. The van der Waals surface area contributed by atoms with Crippen LogP contribution in [0.4, 0.5) is 0 Å². The maximum atomic E-state index is 9.55. The van der Waals surface area contributed by atoms with Crippen LogP contribution in [0.5, 0.6) is 5.75 Å². The van der Waals surface area contributed by atoms with Gasteiger partial charge in [0.1, 0.15) is 5.75 Å². The Kier molecular flexibility index (Phi) is 0.782. The van der Waals surface area contributed by atoms with Gasteiger partial charge in [-0.25, -0.2) is 0 Å². The van der Waals surface area contributed by atoms with Crippen LogP contribution in [0, 0.1) is 5.89 Å². The van der Waals surface area contributed by atoms with Crippen LogP contribution in [0.2, 0.25) is 0 Å². The molecule has 0 amide bonds. The first-order chi connectivity index (χ1) is 17.5. The summed E-state index contributed by atoms with van der Waals surface area (Å²) in [5.74, 6) is -4.86. The SMILES string of the molecule is [2H]c1c([2H])c(OC)c([2H])c2c1C[C@]1([2H])N(C([2H])([2H])[2H])C([2H])([2H])C([2H])([2H])[C@]23C([2H])([2H])C([2H])([2H])C([2H])([2H])C([2H])([2H])[C@@]31[2H]. The Hall–Kier alpha value is -1.02. The van der Waals surface area contributed by atoms with Crippen LogP contribution in [0.25, 0.3) is 0 Å². The predicted octanol–water partition coefficient (Wildman–Crippen LogP) is 3.38. The number of hydrogen-bond acceptors (Lipinski definition) is 2. The minimum atomic E-state index is -4.21. The number of likely N-dealkylation sites (tertiary alicyclic amines) is 1. The lowest BCUT2D eigenvalue weighted by molar-refractivity contribution is 0.00274. The van der Waals surface area contributed by atoms with Gasteiger partial charge in [0.15, 0.2) is 0 Å². The van der Waals surface area contributed by atoms with E-state index in [1.807, 2.05) is 0 Å². The van der Waals surface area contributed by atoms with Gasteiger partial charge in [-0.15, -0.1) is 0 Å². The van der Waals surface area contributed by atoms with E-state index in [9.17, 15) is 2.74 Å². The minimum Gasteiger partial charge on any atom is -0.497 e. The average Bonchev–Trinajstić information content (AvgIpc) is 2.75. The Balaban J connectivity index is 2.51. The van der Waals surface area contributed by atoms with Crippen LogP contribution in [0.15, 0.2) is 18.1 Å². The molecule has 1 aliphatic heterocycles. The number of likely N-dealkylation sites (N-methyl/N-ethyl adjacent to an activating group) is 1. The van der Waals surface area contributed by atoms with Crippen molar-refractivity contribution >= 4 is 0 Å². The fourth-order valence-electron chi connectivity index (χ4n) is 2.63. The van der Waals surface area contributed by atoms with Gasteiger partial charge in [0.25, 0.3) is 0 Å². The molecule has 0 radical (unpaired) electrons. The molecule has 2 fully saturated rings. The Morgan fingerprint density at radius 2 is 2.45 bits per heavy atom. The van der Waals surface area contributed by atoms with E-state index in [4.69, 9.17) is 29.4 Å².